The highest BCUT2D eigenvalue weighted by Crippen LogP contribution is 2.38. The van der Waals surface area contributed by atoms with E-state index in [1.807, 2.05) is 12.1 Å². The van der Waals surface area contributed by atoms with Gasteiger partial charge in [0.1, 0.15) is 0 Å². The maximum atomic E-state index is 12.3. The van der Waals surface area contributed by atoms with Crippen LogP contribution in [0.25, 0.3) is 0 Å². The third-order valence-corrected chi connectivity index (χ3v) is 2.69. The molecule has 1 nitrogen and oxygen atoms in total. The molecule has 1 heterocycles. The van der Waals surface area contributed by atoms with Crippen LogP contribution in [0.15, 0.2) is 24.3 Å². The summed E-state index contributed by atoms with van der Waals surface area (Å²) in [4.78, 5) is 0. The summed E-state index contributed by atoms with van der Waals surface area (Å²) in [6, 6.07) is 7.23. The number of anilines is 1. The second-order valence-electron chi connectivity index (χ2n) is 3.82. The zero-order valence-corrected chi connectivity index (χ0v) is 8.14. The molecule has 1 atom stereocenters. The standard InChI is InChI=1S/C11H12F3N/c12-11(13,14)7-8-5-6-15-10-4-2-1-3-9(8)10/h1-4,8,15H,5-7H2/t8-/m0/s1. The van der Waals surface area contributed by atoms with E-state index in [2.05, 4.69) is 5.32 Å². The molecule has 15 heavy (non-hydrogen) atoms. The van der Waals surface area contributed by atoms with Crippen LogP contribution in [0, 0.1) is 0 Å². The number of fused-ring (bicyclic) bond motifs is 1. The number of hydrogen-bond donors (Lipinski definition) is 1. The molecule has 0 aliphatic carbocycles. The first-order valence-electron chi connectivity index (χ1n) is 4.96. The Kier molecular flexibility index (Phi) is 2.59. The summed E-state index contributed by atoms with van der Waals surface area (Å²) in [6.45, 7) is 0.623. The van der Waals surface area contributed by atoms with Crippen molar-refractivity contribution in [3.63, 3.8) is 0 Å². The van der Waals surface area contributed by atoms with Crippen molar-refractivity contribution in [1.82, 2.24) is 0 Å². The van der Waals surface area contributed by atoms with E-state index in [1.165, 1.54) is 0 Å². The van der Waals surface area contributed by atoms with Gasteiger partial charge in [0.05, 0.1) is 6.42 Å². The van der Waals surface area contributed by atoms with Crippen LogP contribution in [0.4, 0.5) is 18.9 Å². The molecule has 1 N–H and O–H groups in total. The number of para-hydroxylation sites is 1. The Morgan fingerprint density at radius 2 is 2.00 bits per heavy atom. The lowest BCUT2D eigenvalue weighted by molar-refractivity contribution is -0.139. The lowest BCUT2D eigenvalue weighted by atomic mass is 9.88. The molecule has 0 aromatic heterocycles. The Balaban J connectivity index is 2.22. The number of benzene rings is 1. The first-order chi connectivity index (χ1) is 7.06. The van der Waals surface area contributed by atoms with Crippen LogP contribution in [0.2, 0.25) is 0 Å². The fraction of sp³-hybridized carbons (Fsp3) is 0.455. The summed E-state index contributed by atoms with van der Waals surface area (Å²) in [5.41, 5.74) is 1.64. The largest absolute Gasteiger partial charge is 0.389 e. The Labute approximate surface area is 86.3 Å². The van der Waals surface area contributed by atoms with E-state index in [4.69, 9.17) is 0 Å². The Bertz CT molecular complexity index is 346. The molecule has 1 aliphatic heterocycles. The first-order valence-corrected chi connectivity index (χ1v) is 4.96. The zero-order chi connectivity index (χ0) is 10.9. The van der Waals surface area contributed by atoms with E-state index in [0.29, 0.717) is 13.0 Å². The van der Waals surface area contributed by atoms with Crippen molar-refractivity contribution in [2.75, 3.05) is 11.9 Å². The van der Waals surface area contributed by atoms with Crippen LogP contribution in [-0.2, 0) is 0 Å². The number of alkyl halides is 3. The quantitative estimate of drug-likeness (QED) is 0.755. The van der Waals surface area contributed by atoms with E-state index in [-0.39, 0.29) is 5.92 Å². The molecule has 4 heteroatoms. The van der Waals surface area contributed by atoms with Crippen LogP contribution in [0.1, 0.15) is 24.3 Å². The van der Waals surface area contributed by atoms with Gasteiger partial charge >= 0.3 is 6.18 Å². The van der Waals surface area contributed by atoms with Gasteiger partial charge in [-0.25, -0.2) is 0 Å². The molecule has 0 amide bonds. The molecule has 2 rings (SSSR count). The SMILES string of the molecule is FC(F)(F)C[C@@H]1CCNc2ccccc21. The monoisotopic (exact) mass is 215 g/mol. The van der Waals surface area contributed by atoms with Crippen molar-refractivity contribution in [3.05, 3.63) is 29.8 Å². The number of halogens is 3. The van der Waals surface area contributed by atoms with E-state index in [1.54, 1.807) is 12.1 Å². The normalized spacial score (nSPS) is 20.6. The van der Waals surface area contributed by atoms with Crippen LogP contribution in [0.3, 0.4) is 0 Å². The van der Waals surface area contributed by atoms with E-state index < -0.39 is 12.6 Å². The molecule has 0 bridgehead atoms. The van der Waals surface area contributed by atoms with Gasteiger partial charge in [-0.1, -0.05) is 18.2 Å². The summed E-state index contributed by atoms with van der Waals surface area (Å²) < 4.78 is 36.9. The van der Waals surface area contributed by atoms with Crippen LogP contribution < -0.4 is 5.32 Å². The topological polar surface area (TPSA) is 12.0 Å². The predicted molar refractivity (Wildman–Crippen MR) is 53.0 cm³/mol. The molecule has 1 aromatic carbocycles. The fourth-order valence-electron chi connectivity index (χ4n) is 2.04. The average Bonchev–Trinajstić information content (AvgIpc) is 2.16. The smallest absolute Gasteiger partial charge is 0.385 e. The molecule has 1 aliphatic rings. The van der Waals surface area contributed by atoms with Crippen LogP contribution in [-0.4, -0.2) is 12.7 Å². The summed E-state index contributed by atoms with van der Waals surface area (Å²) in [5, 5.41) is 3.11. The second kappa shape index (κ2) is 3.76. The van der Waals surface area contributed by atoms with Crippen molar-refractivity contribution in [1.29, 1.82) is 0 Å². The third-order valence-electron chi connectivity index (χ3n) is 2.69. The lowest BCUT2D eigenvalue weighted by Crippen LogP contribution is -2.21. The van der Waals surface area contributed by atoms with Gasteiger partial charge < -0.3 is 5.32 Å². The molecule has 0 saturated carbocycles. The van der Waals surface area contributed by atoms with Gasteiger partial charge in [-0.05, 0) is 24.0 Å². The molecule has 0 spiro atoms. The van der Waals surface area contributed by atoms with Gasteiger partial charge in [-0.2, -0.15) is 13.2 Å². The molecule has 0 unspecified atom stereocenters. The maximum absolute atomic E-state index is 12.3. The summed E-state index contributed by atoms with van der Waals surface area (Å²) in [6.07, 6.45) is -4.24. The average molecular weight is 215 g/mol. The third kappa shape index (κ3) is 2.43. The molecule has 0 radical (unpaired) electrons. The lowest BCUT2D eigenvalue weighted by Gasteiger charge is -2.27. The molecule has 0 saturated heterocycles. The van der Waals surface area contributed by atoms with Crippen molar-refractivity contribution in [2.24, 2.45) is 0 Å². The molecular weight excluding hydrogens is 203 g/mol. The highest BCUT2D eigenvalue weighted by atomic mass is 19.4. The van der Waals surface area contributed by atoms with Gasteiger partial charge in [0.25, 0.3) is 0 Å². The second-order valence-corrected chi connectivity index (χ2v) is 3.82. The summed E-state index contributed by atoms with van der Waals surface area (Å²) in [5.74, 6) is -0.387. The van der Waals surface area contributed by atoms with Crippen LogP contribution >= 0.6 is 0 Å². The highest BCUT2D eigenvalue weighted by Gasteiger charge is 2.34. The van der Waals surface area contributed by atoms with E-state index >= 15 is 0 Å². The van der Waals surface area contributed by atoms with Gasteiger partial charge in [-0.3, -0.25) is 0 Å². The highest BCUT2D eigenvalue weighted by molar-refractivity contribution is 5.54. The van der Waals surface area contributed by atoms with Gasteiger partial charge in [0.2, 0.25) is 0 Å². The minimum atomic E-state index is -4.07. The molecular formula is C11H12F3N. The molecule has 1 aromatic rings. The van der Waals surface area contributed by atoms with Crippen LogP contribution in [0.5, 0.6) is 0 Å². The predicted octanol–water partition coefficient (Wildman–Crippen LogP) is 3.54. The Hall–Kier alpha value is -1.19. The number of rotatable bonds is 1. The van der Waals surface area contributed by atoms with Crippen molar-refractivity contribution >= 4 is 5.69 Å². The van der Waals surface area contributed by atoms with Crippen molar-refractivity contribution in [2.45, 2.75) is 24.9 Å². The molecule has 0 fully saturated rings. The summed E-state index contributed by atoms with van der Waals surface area (Å²) in [7, 11) is 0. The fourth-order valence-corrected chi connectivity index (χ4v) is 2.04. The Morgan fingerprint density at radius 3 is 2.73 bits per heavy atom. The van der Waals surface area contributed by atoms with Crippen molar-refractivity contribution < 1.29 is 13.2 Å². The first kappa shape index (κ1) is 10.3. The van der Waals surface area contributed by atoms with Crippen molar-refractivity contribution in [3.8, 4) is 0 Å². The zero-order valence-electron chi connectivity index (χ0n) is 8.14. The Morgan fingerprint density at radius 1 is 1.27 bits per heavy atom. The van der Waals surface area contributed by atoms with E-state index in [0.717, 1.165) is 11.3 Å². The van der Waals surface area contributed by atoms with Gasteiger partial charge in [0, 0.05) is 12.2 Å². The van der Waals surface area contributed by atoms with Gasteiger partial charge in [-0.15, -0.1) is 0 Å². The minimum Gasteiger partial charge on any atom is -0.385 e. The number of nitrogens with one attached hydrogen (secondary N) is 1. The number of hydrogen-bond acceptors (Lipinski definition) is 1. The summed E-state index contributed by atoms with van der Waals surface area (Å²) >= 11 is 0. The van der Waals surface area contributed by atoms with E-state index in [9.17, 15) is 13.2 Å². The van der Waals surface area contributed by atoms with Gasteiger partial charge in [0.15, 0.2) is 0 Å². The minimum absolute atomic E-state index is 0.387. The molecule has 82 valence electrons. The maximum Gasteiger partial charge on any atom is 0.389 e.